The highest BCUT2D eigenvalue weighted by atomic mass is 79.9. The molecule has 6 heteroatoms. The summed E-state index contributed by atoms with van der Waals surface area (Å²) in [5.41, 5.74) is 1.64. The molecule has 0 saturated heterocycles. The second kappa shape index (κ2) is 5.20. The summed E-state index contributed by atoms with van der Waals surface area (Å²) in [6, 6.07) is 6.63. The molecule has 3 rings (SSSR count). The van der Waals surface area contributed by atoms with E-state index in [-0.39, 0.29) is 5.78 Å². The lowest BCUT2D eigenvalue weighted by Crippen LogP contribution is -2.00. The zero-order valence-electron chi connectivity index (χ0n) is 9.95. The van der Waals surface area contributed by atoms with Crippen LogP contribution in [0.1, 0.15) is 15.9 Å². The van der Waals surface area contributed by atoms with Crippen LogP contribution in [0.25, 0.3) is 11.0 Å². The molecule has 0 amide bonds. The van der Waals surface area contributed by atoms with Crippen molar-refractivity contribution in [2.24, 2.45) is 0 Å². The lowest BCUT2D eigenvalue weighted by molar-refractivity contribution is 0.104. The van der Waals surface area contributed by atoms with Gasteiger partial charge < -0.3 is 4.98 Å². The summed E-state index contributed by atoms with van der Waals surface area (Å²) < 4.78 is 0.808. The van der Waals surface area contributed by atoms with Gasteiger partial charge in [0.1, 0.15) is 5.65 Å². The van der Waals surface area contributed by atoms with Crippen molar-refractivity contribution in [1.29, 1.82) is 0 Å². The third-order valence-electron chi connectivity index (χ3n) is 2.87. The van der Waals surface area contributed by atoms with Crippen molar-refractivity contribution in [2.45, 2.75) is 0 Å². The van der Waals surface area contributed by atoms with E-state index in [0.717, 1.165) is 9.86 Å². The molecule has 2 heterocycles. The Bertz CT molecular complexity index is 809. The molecule has 0 aliphatic rings. The van der Waals surface area contributed by atoms with Crippen LogP contribution in [0.4, 0.5) is 0 Å². The number of hydrogen-bond acceptors (Lipinski definition) is 2. The minimum atomic E-state index is -0.152. The van der Waals surface area contributed by atoms with Gasteiger partial charge in [-0.1, -0.05) is 23.2 Å². The van der Waals surface area contributed by atoms with Crippen LogP contribution >= 0.6 is 39.1 Å². The minimum Gasteiger partial charge on any atom is -0.345 e. The van der Waals surface area contributed by atoms with Gasteiger partial charge in [0.15, 0.2) is 5.78 Å². The monoisotopic (exact) mass is 368 g/mol. The Balaban J connectivity index is 2.15. The van der Waals surface area contributed by atoms with Gasteiger partial charge in [-0.25, -0.2) is 4.98 Å². The Kier molecular flexibility index (Phi) is 3.54. The Labute approximate surface area is 133 Å². The van der Waals surface area contributed by atoms with E-state index >= 15 is 0 Å². The zero-order chi connectivity index (χ0) is 14.3. The Morgan fingerprint density at radius 2 is 1.85 bits per heavy atom. The van der Waals surface area contributed by atoms with Crippen molar-refractivity contribution >= 4 is 55.9 Å². The quantitative estimate of drug-likeness (QED) is 0.655. The number of fused-ring (bicyclic) bond motifs is 1. The van der Waals surface area contributed by atoms with Crippen LogP contribution in [0.5, 0.6) is 0 Å². The molecule has 0 fully saturated rings. The molecule has 1 N–H and O–H groups in total. The third kappa shape index (κ3) is 2.46. The van der Waals surface area contributed by atoms with Gasteiger partial charge in [0, 0.05) is 43.4 Å². The first-order valence-electron chi connectivity index (χ1n) is 5.68. The van der Waals surface area contributed by atoms with E-state index in [0.29, 0.717) is 26.8 Å². The fourth-order valence-electron chi connectivity index (χ4n) is 2.01. The Morgan fingerprint density at radius 1 is 1.15 bits per heavy atom. The molecule has 0 saturated carbocycles. The summed E-state index contributed by atoms with van der Waals surface area (Å²) in [6.07, 6.45) is 3.31. The molecule has 0 bridgehead atoms. The van der Waals surface area contributed by atoms with Crippen LogP contribution in [0.15, 0.2) is 41.1 Å². The molecule has 0 unspecified atom stereocenters. The first-order chi connectivity index (χ1) is 9.54. The van der Waals surface area contributed by atoms with Crippen LogP contribution in [0.2, 0.25) is 10.0 Å². The van der Waals surface area contributed by atoms with E-state index in [4.69, 9.17) is 23.2 Å². The normalized spacial score (nSPS) is 10.9. The molecular formula is C14H7BrCl2N2O. The molecule has 0 aliphatic heterocycles. The van der Waals surface area contributed by atoms with Crippen molar-refractivity contribution < 1.29 is 4.79 Å². The minimum absolute atomic E-state index is 0.152. The topological polar surface area (TPSA) is 45.8 Å². The average molecular weight is 370 g/mol. The van der Waals surface area contributed by atoms with E-state index in [1.807, 2.05) is 6.07 Å². The van der Waals surface area contributed by atoms with Crippen molar-refractivity contribution in [1.82, 2.24) is 9.97 Å². The predicted molar refractivity (Wildman–Crippen MR) is 83.7 cm³/mol. The summed E-state index contributed by atoms with van der Waals surface area (Å²) in [6.45, 7) is 0. The fraction of sp³-hybridized carbons (Fsp3) is 0. The number of nitrogens with zero attached hydrogens (tertiary/aromatic N) is 1. The number of hydrogen-bond donors (Lipinski definition) is 1. The summed E-state index contributed by atoms with van der Waals surface area (Å²) in [5, 5.41) is 1.61. The summed E-state index contributed by atoms with van der Waals surface area (Å²) in [7, 11) is 0. The number of nitrogens with one attached hydrogen (secondary N) is 1. The van der Waals surface area contributed by atoms with E-state index in [2.05, 4.69) is 25.9 Å². The Morgan fingerprint density at radius 3 is 2.55 bits per heavy atom. The molecule has 0 aliphatic carbocycles. The smallest absolute Gasteiger partial charge is 0.195 e. The molecule has 0 radical (unpaired) electrons. The molecule has 0 spiro atoms. The number of rotatable bonds is 2. The molecule has 1 aromatic carbocycles. The zero-order valence-corrected chi connectivity index (χ0v) is 13.1. The first kappa shape index (κ1) is 13.6. The SMILES string of the molecule is O=C(c1cc(Cl)cc(Cl)c1)c1c[nH]c2ncc(Br)cc12. The number of benzene rings is 1. The van der Waals surface area contributed by atoms with Crippen LogP contribution in [-0.4, -0.2) is 15.8 Å². The average Bonchev–Trinajstić information content (AvgIpc) is 2.79. The van der Waals surface area contributed by atoms with E-state index in [9.17, 15) is 4.79 Å². The number of carbonyl (C=O) groups excluding carboxylic acids is 1. The molecule has 3 aromatic rings. The number of ketones is 1. The molecule has 100 valence electrons. The van der Waals surface area contributed by atoms with E-state index in [1.54, 1.807) is 30.6 Å². The number of pyridine rings is 1. The second-order valence-corrected chi connectivity index (χ2v) is 6.03. The highest BCUT2D eigenvalue weighted by molar-refractivity contribution is 9.10. The number of H-pyrrole nitrogens is 1. The number of aromatic amines is 1. The number of halogens is 3. The van der Waals surface area contributed by atoms with Crippen LogP contribution in [0.3, 0.4) is 0 Å². The van der Waals surface area contributed by atoms with Gasteiger partial charge in [-0.15, -0.1) is 0 Å². The number of aromatic nitrogens is 2. The van der Waals surface area contributed by atoms with Gasteiger partial charge in [-0.05, 0) is 40.2 Å². The lowest BCUT2D eigenvalue weighted by atomic mass is 10.0. The van der Waals surface area contributed by atoms with E-state index < -0.39 is 0 Å². The predicted octanol–water partition coefficient (Wildman–Crippen LogP) is 4.86. The highest BCUT2D eigenvalue weighted by Crippen LogP contribution is 2.25. The molecular weight excluding hydrogens is 363 g/mol. The van der Waals surface area contributed by atoms with Gasteiger partial charge in [-0.3, -0.25) is 4.79 Å². The molecule has 3 nitrogen and oxygen atoms in total. The van der Waals surface area contributed by atoms with Gasteiger partial charge in [0.05, 0.1) is 0 Å². The molecule has 20 heavy (non-hydrogen) atoms. The number of carbonyl (C=O) groups is 1. The second-order valence-electron chi connectivity index (χ2n) is 4.24. The van der Waals surface area contributed by atoms with Crippen LogP contribution < -0.4 is 0 Å². The van der Waals surface area contributed by atoms with Crippen LogP contribution in [0, 0.1) is 0 Å². The fourth-order valence-corrected chi connectivity index (χ4v) is 2.86. The Hall–Kier alpha value is -1.36. The lowest BCUT2D eigenvalue weighted by Gasteiger charge is -2.02. The van der Waals surface area contributed by atoms with Crippen molar-refractivity contribution in [3.8, 4) is 0 Å². The largest absolute Gasteiger partial charge is 0.345 e. The van der Waals surface area contributed by atoms with Crippen LogP contribution in [-0.2, 0) is 0 Å². The maximum Gasteiger partial charge on any atom is 0.195 e. The summed E-state index contributed by atoms with van der Waals surface area (Å²) in [5.74, 6) is -0.152. The van der Waals surface area contributed by atoms with Gasteiger partial charge >= 0.3 is 0 Å². The summed E-state index contributed by atoms with van der Waals surface area (Å²) in [4.78, 5) is 19.7. The third-order valence-corrected chi connectivity index (χ3v) is 3.74. The van der Waals surface area contributed by atoms with Gasteiger partial charge in [0.25, 0.3) is 0 Å². The highest BCUT2D eigenvalue weighted by Gasteiger charge is 2.16. The van der Waals surface area contributed by atoms with Gasteiger partial charge in [-0.2, -0.15) is 0 Å². The van der Waals surface area contributed by atoms with Crippen molar-refractivity contribution in [3.05, 3.63) is 62.3 Å². The molecule has 0 atom stereocenters. The van der Waals surface area contributed by atoms with Crippen molar-refractivity contribution in [3.63, 3.8) is 0 Å². The first-order valence-corrected chi connectivity index (χ1v) is 7.23. The van der Waals surface area contributed by atoms with Crippen molar-refractivity contribution in [2.75, 3.05) is 0 Å². The maximum absolute atomic E-state index is 12.6. The maximum atomic E-state index is 12.6. The summed E-state index contributed by atoms with van der Waals surface area (Å²) >= 11 is 15.2. The van der Waals surface area contributed by atoms with Gasteiger partial charge in [0.2, 0.25) is 0 Å². The van der Waals surface area contributed by atoms with E-state index in [1.165, 1.54) is 0 Å². The standard InChI is InChI=1S/C14H7BrCl2N2O/c15-8-3-11-12(6-19-14(11)18-5-8)13(20)7-1-9(16)4-10(17)2-7/h1-6H,(H,18,19). The molecule has 2 aromatic heterocycles.